The number of ether oxygens (including phenoxy) is 1. The number of anilines is 1. The first-order valence-electron chi connectivity index (χ1n) is 7.24. The molecule has 20 heavy (non-hydrogen) atoms. The van der Waals surface area contributed by atoms with Crippen LogP contribution < -0.4 is 11.1 Å². The van der Waals surface area contributed by atoms with E-state index in [1.54, 1.807) is 0 Å². The number of H-pyrrole nitrogens is 1. The zero-order valence-corrected chi connectivity index (χ0v) is 12.7. The maximum absolute atomic E-state index is 11.9. The van der Waals surface area contributed by atoms with Crippen LogP contribution in [-0.2, 0) is 11.2 Å². The highest BCUT2D eigenvalue weighted by molar-refractivity contribution is 5.97. The van der Waals surface area contributed by atoms with Crippen LogP contribution in [0.2, 0.25) is 0 Å². The monoisotopic (exact) mass is 282 g/mol. The van der Waals surface area contributed by atoms with Gasteiger partial charge >= 0.3 is 0 Å². The second-order valence-corrected chi connectivity index (χ2v) is 5.27. The highest BCUT2D eigenvalue weighted by Crippen LogP contribution is 2.15. The Labute approximate surface area is 120 Å². The molecule has 0 aliphatic carbocycles. The molecule has 6 heteroatoms. The minimum atomic E-state index is -0.256. The van der Waals surface area contributed by atoms with Crippen molar-refractivity contribution < 1.29 is 9.53 Å². The number of aryl methyl sites for hydroxylation is 1. The van der Waals surface area contributed by atoms with Gasteiger partial charge < -0.3 is 15.8 Å². The largest absolute Gasteiger partial charge is 0.395 e. The van der Waals surface area contributed by atoms with Gasteiger partial charge in [-0.25, -0.2) is 0 Å². The van der Waals surface area contributed by atoms with Crippen molar-refractivity contribution in [3.63, 3.8) is 0 Å². The number of nitrogen functional groups attached to an aromatic ring is 1. The fourth-order valence-corrected chi connectivity index (χ4v) is 1.74. The first kappa shape index (κ1) is 16.5. The second-order valence-electron chi connectivity index (χ2n) is 5.27. The molecule has 0 radical (unpaired) electrons. The Kier molecular flexibility index (Phi) is 7.08. The number of aromatic amines is 1. The van der Waals surface area contributed by atoms with Gasteiger partial charge in [0, 0.05) is 13.2 Å². The van der Waals surface area contributed by atoms with Crippen molar-refractivity contribution >= 4 is 11.6 Å². The SMILES string of the molecule is CCCc1[nH]nc(C(=O)NCCOCCC(C)C)c1N. The van der Waals surface area contributed by atoms with E-state index in [1.165, 1.54) is 0 Å². The zero-order chi connectivity index (χ0) is 15.0. The van der Waals surface area contributed by atoms with E-state index in [9.17, 15) is 4.79 Å². The number of nitrogens with one attached hydrogen (secondary N) is 2. The van der Waals surface area contributed by atoms with E-state index >= 15 is 0 Å². The first-order chi connectivity index (χ1) is 9.56. The van der Waals surface area contributed by atoms with Gasteiger partial charge in [-0.3, -0.25) is 9.89 Å². The van der Waals surface area contributed by atoms with Crippen LogP contribution in [0.1, 0.15) is 49.8 Å². The molecule has 0 saturated carbocycles. The van der Waals surface area contributed by atoms with Crippen molar-refractivity contribution in [3.05, 3.63) is 11.4 Å². The van der Waals surface area contributed by atoms with Gasteiger partial charge in [-0.15, -0.1) is 0 Å². The van der Waals surface area contributed by atoms with Crippen LogP contribution in [0.3, 0.4) is 0 Å². The Balaban J connectivity index is 2.29. The molecule has 1 aromatic rings. The number of hydrogen-bond donors (Lipinski definition) is 3. The molecular formula is C14H26N4O2. The van der Waals surface area contributed by atoms with Crippen molar-refractivity contribution in [1.82, 2.24) is 15.5 Å². The number of nitrogens with two attached hydrogens (primary N) is 1. The van der Waals surface area contributed by atoms with Gasteiger partial charge in [-0.1, -0.05) is 27.2 Å². The molecule has 1 rings (SSSR count). The number of aromatic nitrogens is 2. The van der Waals surface area contributed by atoms with Gasteiger partial charge in [0.25, 0.3) is 5.91 Å². The fourth-order valence-electron chi connectivity index (χ4n) is 1.74. The summed E-state index contributed by atoms with van der Waals surface area (Å²) in [7, 11) is 0. The lowest BCUT2D eigenvalue weighted by atomic mass is 10.1. The van der Waals surface area contributed by atoms with Crippen LogP contribution in [0.25, 0.3) is 0 Å². The van der Waals surface area contributed by atoms with Crippen LogP contribution >= 0.6 is 0 Å². The minimum absolute atomic E-state index is 0.256. The van der Waals surface area contributed by atoms with Crippen LogP contribution in [-0.4, -0.2) is 35.9 Å². The van der Waals surface area contributed by atoms with Gasteiger partial charge in [0.1, 0.15) is 0 Å². The van der Waals surface area contributed by atoms with Crippen LogP contribution in [0.15, 0.2) is 0 Å². The minimum Gasteiger partial charge on any atom is -0.395 e. The van der Waals surface area contributed by atoms with Crippen LogP contribution in [0.4, 0.5) is 5.69 Å². The highest BCUT2D eigenvalue weighted by Gasteiger charge is 2.16. The number of hydrogen-bond acceptors (Lipinski definition) is 4. The molecule has 0 aliphatic rings. The standard InChI is InChI=1S/C14H26N4O2/c1-4-5-11-12(15)13(18-17-11)14(19)16-7-9-20-8-6-10(2)3/h10H,4-9,15H2,1-3H3,(H,16,19)(H,17,18). The maximum Gasteiger partial charge on any atom is 0.274 e. The van der Waals surface area contributed by atoms with E-state index in [4.69, 9.17) is 10.5 Å². The third-order valence-electron chi connectivity index (χ3n) is 2.97. The summed E-state index contributed by atoms with van der Waals surface area (Å²) in [5.74, 6) is 0.374. The van der Waals surface area contributed by atoms with Crippen molar-refractivity contribution in [2.75, 3.05) is 25.5 Å². The Morgan fingerprint density at radius 1 is 1.45 bits per heavy atom. The van der Waals surface area contributed by atoms with E-state index in [1.807, 2.05) is 0 Å². The Morgan fingerprint density at radius 3 is 2.85 bits per heavy atom. The van der Waals surface area contributed by atoms with E-state index in [0.29, 0.717) is 24.8 Å². The third-order valence-corrected chi connectivity index (χ3v) is 2.97. The fraction of sp³-hybridized carbons (Fsp3) is 0.714. The van der Waals surface area contributed by atoms with E-state index in [0.717, 1.165) is 31.6 Å². The summed E-state index contributed by atoms with van der Waals surface area (Å²) in [5.41, 5.74) is 7.44. The van der Waals surface area contributed by atoms with Crippen molar-refractivity contribution in [2.45, 2.75) is 40.0 Å². The average molecular weight is 282 g/mol. The van der Waals surface area contributed by atoms with E-state index < -0.39 is 0 Å². The first-order valence-corrected chi connectivity index (χ1v) is 7.24. The van der Waals surface area contributed by atoms with E-state index in [2.05, 4.69) is 36.3 Å². The normalized spacial score (nSPS) is 11.0. The quantitative estimate of drug-likeness (QED) is 0.601. The van der Waals surface area contributed by atoms with Gasteiger partial charge in [-0.05, 0) is 18.8 Å². The Morgan fingerprint density at radius 2 is 2.20 bits per heavy atom. The number of carbonyl (C=O) groups excluding carboxylic acids is 1. The smallest absolute Gasteiger partial charge is 0.274 e. The number of amides is 1. The third kappa shape index (κ3) is 5.21. The number of rotatable bonds is 9. The average Bonchev–Trinajstić information content (AvgIpc) is 2.75. The molecule has 0 aromatic carbocycles. The van der Waals surface area contributed by atoms with Crippen molar-refractivity contribution in [2.24, 2.45) is 5.92 Å². The lowest BCUT2D eigenvalue weighted by Gasteiger charge is -2.07. The molecule has 0 aliphatic heterocycles. The van der Waals surface area contributed by atoms with Gasteiger partial charge in [0.2, 0.25) is 0 Å². The predicted octanol–water partition coefficient (Wildman–Crippen LogP) is 1.74. The molecular weight excluding hydrogens is 256 g/mol. The summed E-state index contributed by atoms with van der Waals surface area (Å²) >= 11 is 0. The molecule has 4 N–H and O–H groups in total. The predicted molar refractivity (Wildman–Crippen MR) is 79.6 cm³/mol. The molecule has 0 fully saturated rings. The van der Waals surface area contributed by atoms with Gasteiger partial charge in [0.15, 0.2) is 5.69 Å². The highest BCUT2D eigenvalue weighted by atomic mass is 16.5. The topological polar surface area (TPSA) is 93.0 Å². The molecule has 6 nitrogen and oxygen atoms in total. The summed E-state index contributed by atoms with van der Waals surface area (Å²) in [4.78, 5) is 11.9. The summed E-state index contributed by atoms with van der Waals surface area (Å²) in [5, 5.41) is 9.54. The molecule has 114 valence electrons. The van der Waals surface area contributed by atoms with Crippen molar-refractivity contribution in [1.29, 1.82) is 0 Å². The lowest BCUT2D eigenvalue weighted by molar-refractivity contribution is 0.0902. The number of carbonyl (C=O) groups is 1. The molecule has 1 heterocycles. The molecule has 1 aromatic heterocycles. The van der Waals surface area contributed by atoms with Crippen molar-refractivity contribution in [3.8, 4) is 0 Å². The summed E-state index contributed by atoms with van der Waals surface area (Å²) < 4.78 is 5.43. The molecule has 0 bridgehead atoms. The second kappa shape index (κ2) is 8.58. The van der Waals surface area contributed by atoms with Gasteiger partial charge in [-0.2, -0.15) is 5.10 Å². The molecule has 0 saturated heterocycles. The Bertz CT molecular complexity index is 415. The molecule has 0 unspecified atom stereocenters. The lowest BCUT2D eigenvalue weighted by Crippen LogP contribution is -2.28. The Hall–Kier alpha value is -1.56. The molecule has 0 spiro atoms. The van der Waals surface area contributed by atoms with E-state index in [-0.39, 0.29) is 11.6 Å². The zero-order valence-electron chi connectivity index (χ0n) is 12.7. The summed E-state index contributed by atoms with van der Waals surface area (Å²) in [6.45, 7) is 8.04. The summed E-state index contributed by atoms with van der Waals surface area (Å²) in [6.07, 6.45) is 2.78. The maximum atomic E-state index is 11.9. The van der Waals surface area contributed by atoms with Crippen LogP contribution in [0.5, 0.6) is 0 Å². The molecule has 0 atom stereocenters. The molecule has 1 amide bonds. The summed E-state index contributed by atoms with van der Waals surface area (Å²) in [6, 6.07) is 0. The van der Waals surface area contributed by atoms with Gasteiger partial charge in [0.05, 0.1) is 18.0 Å². The number of nitrogens with zero attached hydrogens (tertiary/aromatic N) is 1. The van der Waals surface area contributed by atoms with Crippen LogP contribution in [0, 0.1) is 5.92 Å².